The summed E-state index contributed by atoms with van der Waals surface area (Å²) in [6.07, 6.45) is 0. The molecular formula is C6H6F2O5. The van der Waals surface area contributed by atoms with E-state index in [1.54, 1.807) is 0 Å². The van der Waals surface area contributed by atoms with E-state index < -0.39 is 11.9 Å². The van der Waals surface area contributed by atoms with Gasteiger partial charge in [0.25, 0.3) is 0 Å². The van der Waals surface area contributed by atoms with Crippen LogP contribution in [-0.2, 0) is 0 Å². The summed E-state index contributed by atoms with van der Waals surface area (Å²) in [5.41, 5.74) is 0. The Hall–Kier alpha value is -1.92. The molecular weight excluding hydrogens is 190 g/mol. The fraction of sp³-hybridized carbons (Fsp3) is 0. The van der Waals surface area contributed by atoms with Gasteiger partial charge >= 0.3 is 11.9 Å². The molecule has 0 fully saturated rings. The largest absolute Gasteiger partial charge is 0.475 e. The number of hydrogen-bond acceptors (Lipinski definition) is 3. The van der Waals surface area contributed by atoms with Crippen LogP contribution >= 0.6 is 0 Å². The van der Waals surface area contributed by atoms with Crippen LogP contribution in [0.5, 0.6) is 0 Å². The van der Waals surface area contributed by atoms with Crippen molar-refractivity contribution in [1.29, 1.82) is 0 Å². The lowest BCUT2D eigenvalue weighted by atomic mass is 10.4. The van der Waals surface area contributed by atoms with Gasteiger partial charge < -0.3 is 14.6 Å². The van der Waals surface area contributed by atoms with Gasteiger partial charge in [-0.05, 0) is 12.1 Å². The normalized spacial score (nSPS) is 8.00. The van der Waals surface area contributed by atoms with Crippen LogP contribution in [0.3, 0.4) is 0 Å². The van der Waals surface area contributed by atoms with Crippen molar-refractivity contribution in [2.24, 2.45) is 0 Å². The number of carboxylic acid groups (broad SMARTS) is 2. The Kier molecular flexibility index (Phi) is 5.10. The van der Waals surface area contributed by atoms with E-state index in [2.05, 4.69) is 4.42 Å². The van der Waals surface area contributed by atoms with Crippen LogP contribution in [-0.4, -0.2) is 22.2 Å². The van der Waals surface area contributed by atoms with Crippen molar-refractivity contribution in [3.63, 3.8) is 0 Å². The molecule has 1 aromatic rings. The summed E-state index contributed by atoms with van der Waals surface area (Å²) >= 11 is 0. The predicted octanol–water partition coefficient (Wildman–Crippen LogP) is 0.981. The summed E-state index contributed by atoms with van der Waals surface area (Å²) in [5, 5.41) is 16.6. The molecule has 0 bridgehead atoms. The van der Waals surface area contributed by atoms with E-state index in [-0.39, 0.29) is 20.9 Å². The van der Waals surface area contributed by atoms with Crippen LogP contribution in [0.25, 0.3) is 0 Å². The molecule has 0 aromatic carbocycles. The molecule has 0 aliphatic heterocycles. The second-order valence-corrected chi connectivity index (χ2v) is 1.77. The van der Waals surface area contributed by atoms with E-state index in [1.807, 2.05) is 0 Å². The van der Waals surface area contributed by atoms with Crippen molar-refractivity contribution in [2.45, 2.75) is 0 Å². The number of hydrogen-bond donors (Lipinski definition) is 2. The molecule has 0 saturated carbocycles. The molecule has 0 saturated heterocycles. The van der Waals surface area contributed by atoms with E-state index in [0.717, 1.165) is 12.1 Å². The molecule has 0 unspecified atom stereocenters. The van der Waals surface area contributed by atoms with Gasteiger partial charge in [-0.3, -0.25) is 9.41 Å². The van der Waals surface area contributed by atoms with Crippen molar-refractivity contribution in [3.05, 3.63) is 23.7 Å². The van der Waals surface area contributed by atoms with Gasteiger partial charge in [0.2, 0.25) is 11.5 Å². The molecule has 1 rings (SSSR count). The third kappa shape index (κ3) is 2.89. The number of rotatable bonds is 2. The standard InChI is InChI=1S/C6H4O5.2FH/c7-5(8)3-1-2-4(11-3)6(9)10;;/h1-2H,(H,7,8)(H,9,10);2*1H. The first-order chi connectivity index (χ1) is 5.11. The Morgan fingerprint density at radius 1 is 1.00 bits per heavy atom. The quantitative estimate of drug-likeness (QED) is 0.736. The summed E-state index contributed by atoms with van der Waals surface area (Å²) in [4.78, 5) is 20.3. The van der Waals surface area contributed by atoms with Gasteiger partial charge in [-0.2, -0.15) is 0 Å². The fourth-order valence-electron chi connectivity index (χ4n) is 0.568. The SMILES string of the molecule is F.F.O=C(O)c1ccc(C(=O)O)o1. The van der Waals surface area contributed by atoms with Crippen molar-refractivity contribution in [3.8, 4) is 0 Å². The van der Waals surface area contributed by atoms with Gasteiger partial charge in [-0.15, -0.1) is 0 Å². The van der Waals surface area contributed by atoms with Gasteiger partial charge in [0, 0.05) is 0 Å². The van der Waals surface area contributed by atoms with Crippen LogP contribution in [0.15, 0.2) is 16.5 Å². The highest BCUT2D eigenvalue weighted by molar-refractivity contribution is 5.88. The number of furan rings is 1. The Morgan fingerprint density at radius 3 is 1.46 bits per heavy atom. The van der Waals surface area contributed by atoms with E-state index in [1.165, 1.54) is 0 Å². The molecule has 2 N–H and O–H groups in total. The summed E-state index contributed by atoms with van der Waals surface area (Å²) in [7, 11) is 0. The summed E-state index contributed by atoms with van der Waals surface area (Å²) in [6, 6.07) is 2.18. The maximum Gasteiger partial charge on any atom is 0.371 e. The lowest BCUT2D eigenvalue weighted by Gasteiger charge is -1.84. The molecule has 13 heavy (non-hydrogen) atoms. The minimum absolute atomic E-state index is 0. The molecule has 0 amide bonds. The minimum Gasteiger partial charge on any atom is -0.475 e. The van der Waals surface area contributed by atoms with Gasteiger partial charge in [-0.25, -0.2) is 9.59 Å². The van der Waals surface area contributed by atoms with E-state index >= 15 is 0 Å². The van der Waals surface area contributed by atoms with Crippen LogP contribution in [0.4, 0.5) is 9.41 Å². The first-order valence-electron chi connectivity index (χ1n) is 2.67. The highest BCUT2D eigenvalue weighted by Crippen LogP contribution is 2.06. The van der Waals surface area contributed by atoms with Crippen molar-refractivity contribution < 1.29 is 33.6 Å². The smallest absolute Gasteiger partial charge is 0.371 e. The van der Waals surface area contributed by atoms with Gasteiger partial charge in [0.1, 0.15) is 0 Å². The number of carbonyl (C=O) groups is 2. The molecule has 7 heteroatoms. The monoisotopic (exact) mass is 196 g/mol. The zero-order valence-electron chi connectivity index (χ0n) is 6.09. The maximum atomic E-state index is 10.2. The highest BCUT2D eigenvalue weighted by Gasteiger charge is 2.12. The second kappa shape index (κ2) is 4.86. The Morgan fingerprint density at radius 2 is 1.31 bits per heavy atom. The van der Waals surface area contributed by atoms with Gasteiger partial charge in [-0.1, -0.05) is 0 Å². The van der Waals surface area contributed by atoms with E-state index in [9.17, 15) is 9.59 Å². The van der Waals surface area contributed by atoms with Crippen LogP contribution < -0.4 is 0 Å². The zero-order valence-corrected chi connectivity index (χ0v) is 6.09. The molecule has 0 spiro atoms. The highest BCUT2D eigenvalue weighted by atomic mass is 19.0. The van der Waals surface area contributed by atoms with Crippen LogP contribution in [0, 0.1) is 0 Å². The average Bonchev–Trinajstić information content (AvgIpc) is 2.33. The first kappa shape index (κ1) is 13.7. The second-order valence-electron chi connectivity index (χ2n) is 1.77. The molecule has 5 nitrogen and oxygen atoms in total. The molecule has 1 aromatic heterocycles. The Balaban J connectivity index is 0. The van der Waals surface area contributed by atoms with Crippen molar-refractivity contribution in [2.75, 3.05) is 0 Å². The number of carboxylic acids is 2. The summed E-state index contributed by atoms with van der Waals surface area (Å²) < 4.78 is 4.41. The first-order valence-corrected chi connectivity index (χ1v) is 2.67. The fourth-order valence-corrected chi connectivity index (χ4v) is 0.568. The van der Waals surface area contributed by atoms with Crippen molar-refractivity contribution in [1.82, 2.24) is 0 Å². The Labute approximate surface area is 70.3 Å². The van der Waals surface area contributed by atoms with Crippen LogP contribution in [0.1, 0.15) is 21.1 Å². The topological polar surface area (TPSA) is 87.7 Å². The van der Waals surface area contributed by atoms with Crippen molar-refractivity contribution >= 4 is 11.9 Å². The summed E-state index contributed by atoms with van der Waals surface area (Å²) in [6.45, 7) is 0. The number of aromatic carboxylic acids is 2. The Bertz CT molecular complexity index is 277. The molecule has 0 aliphatic rings. The lowest BCUT2D eigenvalue weighted by molar-refractivity contribution is 0.0631. The van der Waals surface area contributed by atoms with Gasteiger partial charge in [0.15, 0.2) is 0 Å². The van der Waals surface area contributed by atoms with E-state index in [4.69, 9.17) is 10.2 Å². The maximum absolute atomic E-state index is 10.2. The van der Waals surface area contributed by atoms with Gasteiger partial charge in [0.05, 0.1) is 0 Å². The summed E-state index contributed by atoms with van der Waals surface area (Å²) in [5.74, 6) is -3.31. The third-order valence-electron chi connectivity index (χ3n) is 1.03. The molecule has 0 radical (unpaired) electrons. The minimum atomic E-state index is -1.28. The third-order valence-corrected chi connectivity index (χ3v) is 1.03. The zero-order chi connectivity index (χ0) is 8.43. The van der Waals surface area contributed by atoms with E-state index in [0.29, 0.717) is 0 Å². The molecule has 0 atom stereocenters. The molecule has 1 heterocycles. The molecule has 74 valence electrons. The lowest BCUT2D eigenvalue weighted by Crippen LogP contribution is -1.94. The predicted molar refractivity (Wildman–Crippen MR) is 37.6 cm³/mol. The van der Waals surface area contributed by atoms with Crippen LogP contribution in [0.2, 0.25) is 0 Å². The average molecular weight is 196 g/mol. The number of halogens is 2. The molecule has 0 aliphatic carbocycles.